The first-order valence-corrected chi connectivity index (χ1v) is 13.6. The number of likely N-dealkylation sites (N-methyl/N-ethyl adjacent to an activating group) is 1. The summed E-state index contributed by atoms with van der Waals surface area (Å²) in [7, 11) is 4.02. The first kappa shape index (κ1) is 26.5. The Labute approximate surface area is 237 Å². The maximum atomic E-state index is 14.7. The molecule has 208 valence electrons. The van der Waals surface area contributed by atoms with Crippen molar-refractivity contribution in [3.8, 4) is 33.8 Å². The van der Waals surface area contributed by atoms with Crippen LogP contribution in [0.3, 0.4) is 0 Å². The Bertz CT molecular complexity index is 1820. The van der Waals surface area contributed by atoms with Crippen molar-refractivity contribution in [1.82, 2.24) is 40.3 Å². The van der Waals surface area contributed by atoms with Gasteiger partial charge >= 0.3 is 0 Å². The number of aromatic nitrogens is 6. The van der Waals surface area contributed by atoms with Gasteiger partial charge in [0.1, 0.15) is 11.5 Å². The number of benzene rings is 1. The molecule has 0 aliphatic heterocycles. The summed E-state index contributed by atoms with van der Waals surface area (Å²) in [6.07, 6.45) is 9.04. The Kier molecular flexibility index (Phi) is 7.41. The lowest BCUT2D eigenvalue weighted by molar-refractivity contribution is 0.425. The Morgan fingerprint density at radius 1 is 0.878 bits per heavy atom. The number of fused-ring (bicyclic) bond motifs is 2. The van der Waals surface area contributed by atoms with E-state index in [2.05, 4.69) is 58.7 Å². The minimum absolute atomic E-state index is 0.301. The van der Waals surface area contributed by atoms with Gasteiger partial charge in [0.05, 0.1) is 34.8 Å². The highest BCUT2D eigenvalue weighted by molar-refractivity contribution is 6.01. The maximum Gasteiger partial charge on any atom is 0.125 e. The second-order valence-electron chi connectivity index (χ2n) is 10.3. The molecule has 0 bridgehead atoms. The lowest BCUT2D eigenvalue weighted by atomic mass is 10.0. The molecule has 1 aromatic carbocycles. The molecule has 6 aromatic rings. The molecule has 9 nitrogen and oxygen atoms in total. The zero-order chi connectivity index (χ0) is 28.3. The van der Waals surface area contributed by atoms with Crippen molar-refractivity contribution in [2.24, 2.45) is 0 Å². The fourth-order valence-electron chi connectivity index (χ4n) is 4.95. The number of pyridine rings is 3. The molecule has 0 spiro atoms. The zero-order valence-corrected chi connectivity index (χ0v) is 23.3. The number of aromatic amines is 2. The van der Waals surface area contributed by atoms with Crippen LogP contribution in [0.1, 0.15) is 12.5 Å². The monoisotopic (exact) mass is 549 g/mol. The second-order valence-corrected chi connectivity index (χ2v) is 10.3. The number of nitrogens with zero attached hydrogens (tertiary/aromatic N) is 5. The largest absolute Gasteiger partial charge is 0.384 e. The average molecular weight is 550 g/mol. The highest BCUT2D eigenvalue weighted by Gasteiger charge is 2.16. The Morgan fingerprint density at radius 2 is 1.76 bits per heavy atom. The van der Waals surface area contributed by atoms with Crippen LogP contribution in [0, 0.1) is 5.82 Å². The molecule has 0 saturated heterocycles. The Morgan fingerprint density at radius 3 is 2.61 bits per heavy atom. The number of H-pyrrole nitrogens is 2. The van der Waals surface area contributed by atoms with E-state index in [0.717, 1.165) is 86.5 Å². The lowest BCUT2D eigenvalue weighted by Crippen LogP contribution is -2.20. The lowest BCUT2D eigenvalue weighted by Gasteiger charge is -2.13. The molecule has 0 aliphatic rings. The summed E-state index contributed by atoms with van der Waals surface area (Å²) >= 11 is 0. The van der Waals surface area contributed by atoms with E-state index in [0.29, 0.717) is 6.54 Å². The van der Waals surface area contributed by atoms with E-state index in [1.807, 2.05) is 44.7 Å². The molecule has 0 radical (unpaired) electrons. The van der Waals surface area contributed by atoms with Crippen molar-refractivity contribution in [2.75, 3.05) is 39.0 Å². The number of nitrogens with one attached hydrogen (secondary N) is 4. The van der Waals surface area contributed by atoms with E-state index in [-0.39, 0.29) is 5.82 Å². The van der Waals surface area contributed by atoms with Crippen LogP contribution in [0.5, 0.6) is 0 Å². The summed E-state index contributed by atoms with van der Waals surface area (Å²) in [6.45, 7) is 5.28. The van der Waals surface area contributed by atoms with E-state index in [9.17, 15) is 4.39 Å². The van der Waals surface area contributed by atoms with Crippen molar-refractivity contribution in [3.05, 3.63) is 78.8 Å². The number of anilines is 1. The molecule has 0 atom stereocenters. The van der Waals surface area contributed by atoms with Gasteiger partial charge in [0.25, 0.3) is 0 Å². The molecule has 0 amide bonds. The molecule has 0 aliphatic carbocycles. The number of hydrogen-bond acceptors (Lipinski definition) is 7. The van der Waals surface area contributed by atoms with E-state index in [4.69, 9.17) is 0 Å². The summed E-state index contributed by atoms with van der Waals surface area (Å²) in [5, 5.41) is 16.2. The quantitative estimate of drug-likeness (QED) is 0.180. The first-order chi connectivity index (χ1) is 20.0. The molecular weight excluding hydrogens is 517 g/mol. The van der Waals surface area contributed by atoms with E-state index < -0.39 is 0 Å². The smallest absolute Gasteiger partial charge is 0.125 e. The van der Waals surface area contributed by atoms with Gasteiger partial charge in [0, 0.05) is 65.8 Å². The van der Waals surface area contributed by atoms with Crippen LogP contribution in [0.15, 0.2) is 67.4 Å². The Balaban J connectivity index is 1.37. The first-order valence-electron chi connectivity index (χ1n) is 13.6. The molecule has 10 heteroatoms. The van der Waals surface area contributed by atoms with E-state index in [1.54, 1.807) is 24.7 Å². The summed E-state index contributed by atoms with van der Waals surface area (Å²) in [6, 6.07) is 11.2. The van der Waals surface area contributed by atoms with Crippen LogP contribution in [0.4, 0.5) is 10.1 Å². The molecule has 0 fully saturated rings. The molecule has 4 N–H and O–H groups in total. The van der Waals surface area contributed by atoms with Crippen molar-refractivity contribution in [2.45, 2.75) is 13.5 Å². The molecule has 6 rings (SSSR count). The highest BCUT2D eigenvalue weighted by Crippen LogP contribution is 2.35. The third-order valence-corrected chi connectivity index (χ3v) is 7.01. The molecule has 5 heterocycles. The molecule has 0 saturated carbocycles. The van der Waals surface area contributed by atoms with E-state index in [1.165, 1.54) is 6.07 Å². The third kappa shape index (κ3) is 5.65. The van der Waals surface area contributed by atoms with Crippen LogP contribution in [0.2, 0.25) is 0 Å². The molecular formula is C31H32FN9. The van der Waals surface area contributed by atoms with Gasteiger partial charge in [0.15, 0.2) is 0 Å². The normalized spacial score (nSPS) is 11.6. The van der Waals surface area contributed by atoms with E-state index >= 15 is 0 Å². The van der Waals surface area contributed by atoms with Crippen LogP contribution >= 0.6 is 0 Å². The van der Waals surface area contributed by atoms with Crippen LogP contribution in [-0.4, -0.2) is 68.8 Å². The van der Waals surface area contributed by atoms with Gasteiger partial charge in [-0.05, 0) is 68.2 Å². The molecule has 0 unspecified atom stereocenters. The zero-order valence-electron chi connectivity index (χ0n) is 23.3. The summed E-state index contributed by atoms with van der Waals surface area (Å²) in [5.41, 5.74) is 8.46. The minimum Gasteiger partial charge on any atom is -0.384 e. The molecule has 41 heavy (non-hydrogen) atoms. The summed E-state index contributed by atoms with van der Waals surface area (Å²) < 4.78 is 14.7. The SMILES string of the molecule is CCNCc1cncc(-c2cc3c(-c4cc5c(-c6cc(F)cc(NCCN(C)C)c6)cncc5[nH]4)n[nH]c3cn2)c1. The van der Waals surface area contributed by atoms with Gasteiger partial charge in [0.2, 0.25) is 0 Å². The standard InChI is InChI=1S/C31H32FN9/c1-4-33-13-19-7-21(15-34-14-19)27-12-25-30(18-37-27)39-40-31(25)28-11-24-26(16-35-17-29(24)38-28)20-8-22(32)10-23(9-20)36-5-6-41(2)3/h7-12,14-18,33,36,38H,4-6,13H2,1-3H3,(H,39,40). The highest BCUT2D eigenvalue weighted by atomic mass is 19.1. The maximum absolute atomic E-state index is 14.7. The van der Waals surface area contributed by atoms with Gasteiger partial charge < -0.3 is 20.5 Å². The van der Waals surface area contributed by atoms with Crippen molar-refractivity contribution >= 4 is 27.5 Å². The van der Waals surface area contributed by atoms with Crippen LogP contribution in [-0.2, 0) is 6.54 Å². The fraction of sp³-hybridized carbons (Fsp3) is 0.226. The fourth-order valence-corrected chi connectivity index (χ4v) is 4.95. The van der Waals surface area contributed by atoms with Crippen molar-refractivity contribution in [3.63, 3.8) is 0 Å². The van der Waals surface area contributed by atoms with Gasteiger partial charge in [-0.2, -0.15) is 5.10 Å². The average Bonchev–Trinajstić information content (AvgIpc) is 3.59. The van der Waals surface area contributed by atoms with Crippen LogP contribution in [0.25, 0.3) is 55.6 Å². The minimum atomic E-state index is -0.301. The topological polar surface area (TPSA) is 110 Å². The number of hydrogen-bond donors (Lipinski definition) is 4. The van der Waals surface area contributed by atoms with Gasteiger partial charge in [-0.25, -0.2) is 4.39 Å². The number of halogens is 1. The molecule has 5 aromatic heterocycles. The summed E-state index contributed by atoms with van der Waals surface area (Å²) in [5.74, 6) is -0.301. The van der Waals surface area contributed by atoms with Crippen LogP contribution < -0.4 is 10.6 Å². The third-order valence-electron chi connectivity index (χ3n) is 7.01. The van der Waals surface area contributed by atoms with Crippen molar-refractivity contribution < 1.29 is 4.39 Å². The second kappa shape index (κ2) is 11.4. The van der Waals surface area contributed by atoms with Gasteiger partial charge in [-0.15, -0.1) is 0 Å². The van der Waals surface area contributed by atoms with Crippen molar-refractivity contribution in [1.29, 1.82) is 0 Å². The predicted molar refractivity (Wildman–Crippen MR) is 162 cm³/mol. The predicted octanol–water partition coefficient (Wildman–Crippen LogP) is 5.45. The number of rotatable bonds is 10. The van der Waals surface area contributed by atoms with Gasteiger partial charge in [-0.3, -0.25) is 20.1 Å². The van der Waals surface area contributed by atoms with Gasteiger partial charge in [-0.1, -0.05) is 6.92 Å². The summed E-state index contributed by atoms with van der Waals surface area (Å²) in [4.78, 5) is 19.1. The Hall–Kier alpha value is -4.67.